The molecule has 0 aromatic heterocycles. The summed E-state index contributed by atoms with van der Waals surface area (Å²) >= 11 is 0. The van der Waals surface area contributed by atoms with Gasteiger partial charge in [0.15, 0.2) is 0 Å². The molecule has 2 aliphatic carbocycles. The van der Waals surface area contributed by atoms with Crippen molar-refractivity contribution in [1.29, 1.82) is 0 Å². The van der Waals surface area contributed by atoms with Crippen LogP contribution in [-0.2, 0) is 16.1 Å². The second-order valence-electron chi connectivity index (χ2n) is 7.45. The van der Waals surface area contributed by atoms with Gasteiger partial charge in [0.1, 0.15) is 0 Å². The SMILES string of the molecule is O=C(Nc1ccc(COC2CCCC2)cc1)N1CCO[C@H]2CCC[C@@H]21. The Morgan fingerprint density at radius 2 is 1.92 bits per heavy atom. The first-order valence-electron chi connectivity index (χ1n) is 9.69. The number of carbonyl (C=O) groups excluding carboxylic acids is 1. The number of anilines is 1. The van der Waals surface area contributed by atoms with Gasteiger partial charge in [-0.15, -0.1) is 0 Å². The molecule has 2 saturated carbocycles. The lowest BCUT2D eigenvalue weighted by atomic mass is 10.1. The first kappa shape index (κ1) is 16.9. The Balaban J connectivity index is 1.30. The minimum Gasteiger partial charge on any atom is -0.374 e. The van der Waals surface area contributed by atoms with Crippen molar-refractivity contribution in [1.82, 2.24) is 4.90 Å². The van der Waals surface area contributed by atoms with Gasteiger partial charge in [0, 0.05) is 12.2 Å². The molecular weight excluding hydrogens is 316 g/mol. The summed E-state index contributed by atoms with van der Waals surface area (Å²) < 4.78 is 11.7. The zero-order chi connectivity index (χ0) is 17.1. The molecule has 25 heavy (non-hydrogen) atoms. The number of urea groups is 1. The standard InChI is InChI=1S/C20H28N2O3/c23-20(22-12-13-24-19-7-3-6-18(19)22)21-16-10-8-15(9-11-16)14-25-17-4-1-2-5-17/h8-11,17-19H,1-7,12-14H2,(H,21,23)/t18-,19-/m0/s1. The molecule has 0 unspecified atom stereocenters. The van der Waals surface area contributed by atoms with E-state index in [1.54, 1.807) is 0 Å². The van der Waals surface area contributed by atoms with Crippen molar-refractivity contribution >= 4 is 11.7 Å². The molecule has 4 rings (SSSR count). The number of fused-ring (bicyclic) bond motifs is 1. The van der Waals surface area contributed by atoms with Crippen molar-refractivity contribution < 1.29 is 14.3 Å². The minimum absolute atomic E-state index is 0.00449. The van der Waals surface area contributed by atoms with Gasteiger partial charge in [-0.2, -0.15) is 0 Å². The molecule has 1 aliphatic heterocycles. The summed E-state index contributed by atoms with van der Waals surface area (Å²) in [7, 11) is 0. The van der Waals surface area contributed by atoms with Gasteiger partial charge in [0.05, 0.1) is 31.5 Å². The molecule has 2 atom stereocenters. The summed E-state index contributed by atoms with van der Waals surface area (Å²) in [4.78, 5) is 14.6. The Hall–Kier alpha value is -1.59. The number of hydrogen-bond donors (Lipinski definition) is 1. The fourth-order valence-electron chi connectivity index (χ4n) is 4.33. The molecule has 0 radical (unpaired) electrons. The second kappa shape index (κ2) is 7.75. The first-order chi connectivity index (χ1) is 12.3. The monoisotopic (exact) mass is 344 g/mol. The molecule has 2 amide bonds. The van der Waals surface area contributed by atoms with Gasteiger partial charge >= 0.3 is 6.03 Å². The molecule has 3 fully saturated rings. The van der Waals surface area contributed by atoms with Crippen molar-refractivity contribution in [2.75, 3.05) is 18.5 Å². The molecule has 0 spiro atoms. The number of benzene rings is 1. The van der Waals surface area contributed by atoms with E-state index in [1.807, 2.05) is 29.2 Å². The van der Waals surface area contributed by atoms with Crippen molar-refractivity contribution in [3.8, 4) is 0 Å². The largest absolute Gasteiger partial charge is 0.374 e. The third kappa shape index (κ3) is 3.98. The zero-order valence-electron chi connectivity index (χ0n) is 14.8. The Morgan fingerprint density at radius 1 is 1.12 bits per heavy atom. The van der Waals surface area contributed by atoms with Crippen LogP contribution in [-0.4, -0.2) is 42.3 Å². The predicted molar refractivity (Wildman–Crippen MR) is 96.6 cm³/mol. The van der Waals surface area contributed by atoms with Crippen LogP contribution in [0.1, 0.15) is 50.5 Å². The number of nitrogens with one attached hydrogen (secondary N) is 1. The molecule has 1 heterocycles. The maximum atomic E-state index is 12.6. The normalized spacial score (nSPS) is 26.6. The topological polar surface area (TPSA) is 50.8 Å². The van der Waals surface area contributed by atoms with Gasteiger partial charge in [0.2, 0.25) is 0 Å². The van der Waals surface area contributed by atoms with E-state index < -0.39 is 0 Å². The third-order valence-corrected chi connectivity index (χ3v) is 5.74. The number of rotatable bonds is 4. The molecule has 5 nitrogen and oxygen atoms in total. The van der Waals surface area contributed by atoms with Gasteiger partial charge in [0.25, 0.3) is 0 Å². The average molecular weight is 344 g/mol. The van der Waals surface area contributed by atoms with Gasteiger partial charge in [-0.1, -0.05) is 25.0 Å². The van der Waals surface area contributed by atoms with Crippen molar-refractivity contribution in [3.63, 3.8) is 0 Å². The zero-order valence-corrected chi connectivity index (χ0v) is 14.8. The van der Waals surface area contributed by atoms with Crippen LogP contribution in [0.15, 0.2) is 24.3 Å². The maximum absolute atomic E-state index is 12.6. The number of hydrogen-bond acceptors (Lipinski definition) is 3. The lowest BCUT2D eigenvalue weighted by Gasteiger charge is -2.37. The summed E-state index contributed by atoms with van der Waals surface area (Å²) in [6, 6.07) is 8.27. The molecule has 136 valence electrons. The van der Waals surface area contributed by atoms with Crippen LogP contribution in [0.5, 0.6) is 0 Å². The molecule has 1 N–H and O–H groups in total. The van der Waals surface area contributed by atoms with Crippen molar-refractivity contribution in [2.24, 2.45) is 0 Å². The Morgan fingerprint density at radius 3 is 2.72 bits per heavy atom. The first-order valence-corrected chi connectivity index (χ1v) is 9.69. The molecular formula is C20H28N2O3. The highest BCUT2D eigenvalue weighted by Crippen LogP contribution is 2.30. The van der Waals surface area contributed by atoms with Crippen LogP contribution >= 0.6 is 0 Å². The second-order valence-corrected chi connectivity index (χ2v) is 7.45. The van der Waals surface area contributed by atoms with E-state index in [1.165, 1.54) is 25.7 Å². The molecule has 3 aliphatic rings. The Bertz CT molecular complexity index is 583. The molecule has 5 heteroatoms. The summed E-state index contributed by atoms with van der Waals surface area (Å²) in [5.41, 5.74) is 2.00. The highest BCUT2D eigenvalue weighted by molar-refractivity contribution is 5.89. The summed E-state index contributed by atoms with van der Waals surface area (Å²) in [6.07, 6.45) is 8.90. The molecule has 1 saturated heterocycles. The van der Waals surface area contributed by atoms with Crippen LogP contribution in [0.2, 0.25) is 0 Å². The van der Waals surface area contributed by atoms with E-state index >= 15 is 0 Å². The Labute approximate surface area is 149 Å². The predicted octanol–water partition coefficient (Wildman–Crippen LogP) is 3.93. The van der Waals surface area contributed by atoms with Crippen LogP contribution in [0.4, 0.5) is 10.5 Å². The van der Waals surface area contributed by atoms with Crippen molar-refractivity contribution in [3.05, 3.63) is 29.8 Å². The van der Waals surface area contributed by atoms with Crippen LogP contribution in [0.25, 0.3) is 0 Å². The van der Waals surface area contributed by atoms with Crippen LogP contribution in [0.3, 0.4) is 0 Å². The fraction of sp³-hybridized carbons (Fsp3) is 0.650. The highest BCUT2D eigenvalue weighted by Gasteiger charge is 2.38. The molecule has 0 bridgehead atoms. The number of ether oxygens (including phenoxy) is 2. The lowest BCUT2D eigenvalue weighted by Crippen LogP contribution is -2.52. The molecule has 1 aromatic carbocycles. The van der Waals surface area contributed by atoms with Gasteiger partial charge in [-0.05, 0) is 49.8 Å². The van der Waals surface area contributed by atoms with Crippen LogP contribution < -0.4 is 5.32 Å². The summed E-state index contributed by atoms with van der Waals surface area (Å²) in [6.45, 7) is 1.98. The fourth-order valence-corrected chi connectivity index (χ4v) is 4.33. The van der Waals surface area contributed by atoms with Gasteiger partial charge < -0.3 is 19.7 Å². The molecule has 1 aromatic rings. The minimum atomic E-state index is -0.00449. The maximum Gasteiger partial charge on any atom is 0.322 e. The third-order valence-electron chi connectivity index (χ3n) is 5.74. The number of nitrogens with zero attached hydrogens (tertiary/aromatic N) is 1. The highest BCUT2D eigenvalue weighted by atomic mass is 16.5. The van der Waals surface area contributed by atoms with Crippen molar-refractivity contribution in [2.45, 2.75) is 69.8 Å². The van der Waals surface area contributed by atoms with E-state index in [0.717, 1.165) is 30.5 Å². The van der Waals surface area contributed by atoms with Gasteiger partial charge in [-0.25, -0.2) is 4.79 Å². The van der Waals surface area contributed by atoms with E-state index in [9.17, 15) is 4.79 Å². The van der Waals surface area contributed by atoms with E-state index in [4.69, 9.17) is 9.47 Å². The average Bonchev–Trinajstić information content (AvgIpc) is 3.32. The quantitative estimate of drug-likeness (QED) is 0.900. The summed E-state index contributed by atoms with van der Waals surface area (Å²) in [5.74, 6) is 0. The number of carbonyl (C=O) groups is 1. The van der Waals surface area contributed by atoms with E-state index in [2.05, 4.69) is 5.32 Å². The number of amides is 2. The van der Waals surface area contributed by atoms with E-state index in [0.29, 0.717) is 25.9 Å². The van der Waals surface area contributed by atoms with Crippen LogP contribution in [0, 0.1) is 0 Å². The smallest absolute Gasteiger partial charge is 0.322 e. The lowest BCUT2D eigenvalue weighted by molar-refractivity contribution is -0.0362. The van der Waals surface area contributed by atoms with Gasteiger partial charge in [-0.3, -0.25) is 0 Å². The van der Waals surface area contributed by atoms with E-state index in [-0.39, 0.29) is 18.2 Å². The number of morpholine rings is 1. The Kier molecular flexibility index (Phi) is 5.22. The summed E-state index contributed by atoms with van der Waals surface area (Å²) in [5, 5.41) is 3.04.